The predicted octanol–water partition coefficient (Wildman–Crippen LogP) is 5.40. The van der Waals surface area contributed by atoms with Gasteiger partial charge in [0, 0.05) is 24.0 Å². The van der Waals surface area contributed by atoms with Crippen LogP contribution < -0.4 is 0 Å². The first-order valence-corrected chi connectivity index (χ1v) is 9.66. The van der Waals surface area contributed by atoms with Gasteiger partial charge >= 0.3 is 0 Å². The zero-order valence-corrected chi connectivity index (χ0v) is 14.8. The molecule has 0 amide bonds. The van der Waals surface area contributed by atoms with Crippen molar-refractivity contribution in [2.45, 2.75) is 62.9 Å². The third-order valence-corrected chi connectivity index (χ3v) is 6.36. The lowest BCUT2D eigenvalue weighted by atomic mass is 9.73. The molecule has 1 saturated carbocycles. The molecule has 1 heteroatoms. The van der Waals surface area contributed by atoms with E-state index in [1.165, 1.54) is 56.2 Å². The van der Waals surface area contributed by atoms with Gasteiger partial charge in [0.25, 0.3) is 0 Å². The van der Waals surface area contributed by atoms with Crippen molar-refractivity contribution in [3.05, 3.63) is 71.8 Å². The molecule has 1 nitrogen and oxygen atoms in total. The maximum absolute atomic E-state index is 2.83. The molecule has 4 rings (SSSR count). The van der Waals surface area contributed by atoms with Crippen LogP contribution in [0.2, 0.25) is 0 Å². The normalized spacial score (nSPS) is 25.0. The maximum Gasteiger partial charge on any atom is 0.0344 e. The Morgan fingerprint density at radius 3 is 1.88 bits per heavy atom. The lowest BCUT2D eigenvalue weighted by Gasteiger charge is -2.36. The molecule has 0 bridgehead atoms. The summed E-state index contributed by atoms with van der Waals surface area (Å²) in [6, 6.07) is 23.9. The standard InChI is InChI=1S/C23H29N/c1-19-17-23(20-11-5-2-6-12-20,21-13-7-3-8-14-21)18-24(19)22-15-9-4-10-16-22/h2-3,5-8,11-14,19,22H,4,9-10,15-18H2,1H3. The summed E-state index contributed by atoms with van der Waals surface area (Å²) in [6.45, 7) is 3.62. The third kappa shape index (κ3) is 2.80. The van der Waals surface area contributed by atoms with E-state index in [1.54, 1.807) is 0 Å². The zero-order valence-electron chi connectivity index (χ0n) is 14.8. The van der Waals surface area contributed by atoms with E-state index in [1.807, 2.05) is 0 Å². The maximum atomic E-state index is 2.83. The molecule has 2 aromatic carbocycles. The van der Waals surface area contributed by atoms with Crippen molar-refractivity contribution in [3.63, 3.8) is 0 Å². The average Bonchev–Trinajstić information content (AvgIpc) is 3.03. The van der Waals surface area contributed by atoms with Crippen LogP contribution in [0.5, 0.6) is 0 Å². The molecule has 0 radical (unpaired) electrons. The highest BCUT2D eigenvalue weighted by molar-refractivity contribution is 5.41. The van der Waals surface area contributed by atoms with Crippen molar-refractivity contribution in [3.8, 4) is 0 Å². The second kappa shape index (κ2) is 6.72. The third-order valence-electron chi connectivity index (χ3n) is 6.36. The fourth-order valence-corrected chi connectivity index (χ4v) is 5.15. The van der Waals surface area contributed by atoms with Gasteiger partial charge < -0.3 is 0 Å². The van der Waals surface area contributed by atoms with Crippen molar-refractivity contribution in [1.29, 1.82) is 0 Å². The fourth-order valence-electron chi connectivity index (χ4n) is 5.15. The molecule has 126 valence electrons. The molecule has 0 N–H and O–H groups in total. The van der Waals surface area contributed by atoms with Crippen molar-refractivity contribution in [1.82, 2.24) is 4.90 Å². The van der Waals surface area contributed by atoms with Crippen LogP contribution in [-0.4, -0.2) is 23.5 Å². The van der Waals surface area contributed by atoms with Gasteiger partial charge in [0.1, 0.15) is 0 Å². The van der Waals surface area contributed by atoms with Crippen molar-refractivity contribution >= 4 is 0 Å². The Labute approximate surface area is 146 Å². The molecule has 1 atom stereocenters. The first kappa shape index (κ1) is 15.9. The van der Waals surface area contributed by atoms with Crippen molar-refractivity contribution < 1.29 is 0 Å². The number of nitrogens with zero attached hydrogens (tertiary/aromatic N) is 1. The largest absolute Gasteiger partial charge is 0.296 e. The quantitative estimate of drug-likeness (QED) is 0.732. The highest BCUT2D eigenvalue weighted by Crippen LogP contribution is 2.45. The summed E-state index contributed by atoms with van der Waals surface area (Å²) in [4.78, 5) is 2.83. The van der Waals surface area contributed by atoms with Crippen LogP contribution in [0.15, 0.2) is 60.7 Å². The summed E-state index contributed by atoms with van der Waals surface area (Å²) in [5, 5.41) is 0. The molecule has 1 unspecified atom stereocenters. The first-order valence-electron chi connectivity index (χ1n) is 9.66. The highest BCUT2D eigenvalue weighted by atomic mass is 15.2. The minimum Gasteiger partial charge on any atom is -0.296 e. The first-order chi connectivity index (χ1) is 11.8. The molecule has 2 aliphatic rings. The minimum atomic E-state index is 0.152. The number of benzene rings is 2. The van der Waals surface area contributed by atoms with Gasteiger partial charge in [-0.05, 0) is 37.3 Å². The second-order valence-electron chi connectivity index (χ2n) is 7.83. The van der Waals surface area contributed by atoms with E-state index < -0.39 is 0 Å². The smallest absolute Gasteiger partial charge is 0.0344 e. The average molecular weight is 319 g/mol. The Balaban J connectivity index is 1.72. The summed E-state index contributed by atoms with van der Waals surface area (Å²) < 4.78 is 0. The van der Waals surface area contributed by atoms with Gasteiger partial charge in [-0.15, -0.1) is 0 Å². The Bertz CT molecular complexity index is 603. The van der Waals surface area contributed by atoms with E-state index in [-0.39, 0.29) is 5.41 Å². The number of hydrogen-bond acceptors (Lipinski definition) is 1. The number of likely N-dealkylation sites (tertiary alicyclic amines) is 1. The topological polar surface area (TPSA) is 3.24 Å². The molecule has 0 aromatic heterocycles. The van der Waals surface area contributed by atoms with Gasteiger partial charge in [0.2, 0.25) is 0 Å². The monoisotopic (exact) mass is 319 g/mol. The molecule has 1 heterocycles. The Hall–Kier alpha value is -1.60. The molecule has 1 aliphatic carbocycles. The van der Waals surface area contributed by atoms with Gasteiger partial charge in [-0.3, -0.25) is 4.90 Å². The molecular formula is C23H29N. The summed E-state index contributed by atoms with van der Waals surface area (Å²) in [5.74, 6) is 0. The highest BCUT2D eigenvalue weighted by Gasteiger charge is 2.46. The van der Waals surface area contributed by atoms with Crippen LogP contribution in [0, 0.1) is 0 Å². The van der Waals surface area contributed by atoms with Crippen molar-refractivity contribution in [2.75, 3.05) is 6.54 Å². The van der Waals surface area contributed by atoms with Gasteiger partial charge in [-0.1, -0.05) is 79.9 Å². The van der Waals surface area contributed by atoms with Gasteiger partial charge in [0.05, 0.1) is 0 Å². The lowest BCUT2D eigenvalue weighted by molar-refractivity contribution is 0.147. The van der Waals surface area contributed by atoms with E-state index in [0.717, 1.165) is 6.04 Å². The van der Waals surface area contributed by atoms with Crippen LogP contribution in [0.1, 0.15) is 56.6 Å². The number of rotatable bonds is 3. The van der Waals surface area contributed by atoms with Gasteiger partial charge in [0.15, 0.2) is 0 Å². The van der Waals surface area contributed by atoms with Gasteiger partial charge in [-0.2, -0.15) is 0 Å². The fraction of sp³-hybridized carbons (Fsp3) is 0.478. The molecule has 0 spiro atoms. The van der Waals surface area contributed by atoms with E-state index in [4.69, 9.17) is 0 Å². The molecule has 1 aliphatic heterocycles. The summed E-state index contributed by atoms with van der Waals surface area (Å²) in [6.07, 6.45) is 8.28. The van der Waals surface area contributed by atoms with Gasteiger partial charge in [-0.25, -0.2) is 0 Å². The summed E-state index contributed by atoms with van der Waals surface area (Å²) in [5.41, 5.74) is 3.13. The van der Waals surface area contributed by atoms with E-state index in [0.29, 0.717) is 6.04 Å². The minimum absolute atomic E-state index is 0.152. The second-order valence-corrected chi connectivity index (χ2v) is 7.83. The molecule has 1 saturated heterocycles. The molecule has 2 aromatic rings. The Kier molecular flexibility index (Phi) is 4.45. The summed E-state index contributed by atoms with van der Waals surface area (Å²) >= 11 is 0. The zero-order chi connectivity index (χ0) is 16.4. The van der Waals surface area contributed by atoms with E-state index >= 15 is 0 Å². The molecule has 2 fully saturated rings. The Morgan fingerprint density at radius 1 is 0.792 bits per heavy atom. The van der Waals surface area contributed by atoms with E-state index in [2.05, 4.69) is 72.5 Å². The lowest BCUT2D eigenvalue weighted by Crippen LogP contribution is -2.41. The van der Waals surface area contributed by atoms with Crippen LogP contribution in [0.3, 0.4) is 0 Å². The van der Waals surface area contributed by atoms with E-state index in [9.17, 15) is 0 Å². The predicted molar refractivity (Wildman–Crippen MR) is 101 cm³/mol. The van der Waals surface area contributed by atoms with Crippen LogP contribution in [0.25, 0.3) is 0 Å². The number of hydrogen-bond donors (Lipinski definition) is 0. The Morgan fingerprint density at radius 2 is 1.33 bits per heavy atom. The van der Waals surface area contributed by atoms with Crippen molar-refractivity contribution in [2.24, 2.45) is 0 Å². The van der Waals surface area contributed by atoms with Crippen LogP contribution in [-0.2, 0) is 5.41 Å². The molecule has 24 heavy (non-hydrogen) atoms. The SMILES string of the molecule is CC1CC(c2ccccc2)(c2ccccc2)CN1C1CCCCC1. The van der Waals surface area contributed by atoms with Crippen LogP contribution >= 0.6 is 0 Å². The van der Waals surface area contributed by atoms with Crippen LogP contribution in [0.4, 0.5) is 0 Å². The molecular weight excluding hydrogens is 290 g/mol. The summed E-state index contributed by atoms with van der Waals surface area (Å²) in [7, 11) is 0.